The Kier molecular flexibility index (Phi) is 3.16. The number of nitrogens with zero attached hydrogens (tertiary/aromatic N) is 1. The van der Waals surface area contributed by atoms with Crippen molar-refractivity contribution in [2.45, 2.75) is 61.1 Å². The van der Waals surface area contributed by atoms with Crippen LogP contribution in [0.5, 0.6) is 11.5 Å². The van der Waals surface area contributed by atoms with Gasteiger partial charge < -0.3 is 25.0 Å². The summed E-state index contributed by atoms with van der Waals surface area (Å²) in [7, 11) is 1.98. The van der Waals surface area contributed by atoms with E-state index in [1.54, 1.807) is 6.07 Å². The van der Waals surface area contributed by atoms with Crippen LogP contribution in [0.1, 0.15) is 30.9 Å². The molecule has 5 nitrogen and oxygen atoms in total. The van der Waals surface area contributed by atoms with Crippen LogP contribution in [0.2, 0.25) is 0 Å². The van der Waals surface area contributed by atoms with Gasteiger partial charge in [-0.2, -0.15) is 13.2 Å². The number of phenols is 1. The number of halogens is 3. The Balaban J connectivity index is 1.66. The Morgan fingerprint density at radius 2 is 1.97 bits per heavy atom. The quantitative estimate of drug-likeness (QED) is 0.605. The van der Waals surface area contributed by atoms with Gasteiger partial charge in [0.1, 0.15) is 11.7 Å². The predicted octanol–water partition coefficient (Wildman–Crippen LogP) is 2.27. The van der Waals surface area contributed by atoms with Crippen LogP contribution in [0.3, 0.4) is 0 Å². The molecule has 8 heteroatoms. The zero-order valence-corrected chi connectivity index (χ0v) is 16.7. The number of aliphatic hydroxyl groups is 2. The molecule has 0 radical (unpaired) electrons. The topological polar surface area (TPSA) is 73.2 Å². The van der Waals surface area contributed by atoms with E-state index in [4.69, 9.17) is 4.74 Å². The van der Waals surface area contributed by atoms with Crippen molar-refractivity contribution < 1.29 is 33.2 Å². The molecular formula is C22H24F3NO4. The molecule has 4 bridgehead atoms. The van der Waals surface area contributed by atoms with Gasteiger partial charge in [-0.05, 0) is 51.4 Å². The molecule has 6 aliphatic rings. The van der Waals surface area contributed by atoms with E-state index in [1.165, 1.54) is 6.08 Å². The normalized spacial score (nSPS) is 45.1. The predicted molar refractivity (Wildman–Crippen MR) is 100 cm³/mol. The summed E-state index contributed by atoms with van der Waals surface area (Å²) in [5.74, 6) is -1.27. The summed E-state index contributed by atoms with van der Waals surface area (Å²) < 4.78 is 47.9. The molecule has 7 rings (SSSR count). The van der Waals surface area contributed by atoms with Gasteiger partial charge in [0.15, 0.2) is 17.1 Å². The fourth-order valence-electron chi connectivity index (χ4n) is 7.60. The van der Waals surface area contributed by atoms with Crippen LogP contribution in [-0.4, -0.2) is 63.3 Å². The number of piperidine rings is 1. The molecule has 1 saturated heterocycles. The number of likely N-dealkylation sites (N-methyl/N-ethyl adjacent to an activating group) is 1. The summed E-state index contributed by atoms with van der Waals surface area (Å²) in [4.78, 5) is 2.18. The van der Waals surface area contributed by atoms with Gasteiger partial charge in [0.05, 0.1) is 5.41 Å². The number of benzene rings is 1. The van der Waals surface area contributed by atoms with Gasteiger partial charge in [0, 0.05) is 22.9 Å². The second-order valence-corrected chi connectivity index (χ2v) is 10.0. The third-order valence-electron chi connectivity index (χ3n) is 9.00. The SMILES string of the molecule is CN1CC[C@]23c4c5ccc(O)c4O[C@H]2[C@@]2(O)C=C[C@@]3(C[C@@H]2[C@@](C)(O)C(F)(F)F)[C@H]1C5. The molecule has 162 valence electrons. The van der Waals surface area contributed by atoms with Gasteiger partial charge in [0.2, 0.25) is 0 Å². The molecular weight excluding hydrogens is 399 g/mol. The van der Waals surface area contributed by atoms with Crippen molar-refractivity contribution in [2.24, 2.45) is 11.3 Å². The Bertz CT molecular complexity index is 1010. The summed E-state index contributed by atoms with van der Waals surface area (Å²) >= 11 is 0. The Morgan fingerprint density at radius 1 is 1.23 bits per heavy atom. The highest BCUT2D eigenvalue weighted by atomic mass is 19.4. The van der Waals surface area contributed by atoms with Gasteiger partial charge in [-0.15, -0.1) is 0 Å². The van der Waals surface area contributed by atoms with E-state index in [9.17, 15) is 28.5 Å². The average molecular weight is 423 g/mol. The van der Waals surface area contributed by atoms with Gasteiger partial charge in [-0.1, -0.05) is 18.2 Å². The van der Waals surface area contributed by atoms with Gasteiger partial charge >= 0.3 is 6.18 Å². The number of fused-ring (bicyclic) bond motifs is 1. The number of aromatic hydroxyl groups is 1. The molecule has 2 spiro atoms. The summed E-state index contributed by atoms with van der Waals surface area (Å²) in [5, 5.41) is 32.9. The molecule has 2 aliphatic heterocycles. The highest BCUT2D eigenvalue weighted by molar-refractivity contribution is 5.65. The average Bonchev–Trinajstić information content (AvgIpc) is 3.03. The number of ether oxygens (including phenoxy) is 1. The van der Waals surface area contributed by atoms with Crippen molar-refractivity contribution in [3.05, 3.63) is 35.4 Å². The summed E-state index contributed by atoms with van der Waals surface area (Å²) in [5.41, 5.74) is -4.72. The van der Waals surface area contributed by atoms with Crippen molar-refractivity contribution in [2.75, 3.05) is 13.6 Å². The molecule has 1 aromatic carbocycles. The Hall–Kier alpha value is -1.77. The van der Waals surface area contributed by atoms with E-state index in [2.05, 4.69) is 4.90 Å². The number of likely N-dealkylation sites (tertiary alicyclic amines) is 1. The molecule has 1 aromatic rings. The van der Waals surface area contributed by atoms with Crippen molar-refractivity contribution >= 4 is 0 Å². The van der Waals surface area contributed by atoms with Crippen LogP contribution in [0.15, 0.2) is 24.3 Å². The summed E-state index contributed by atoms with van der Waals surface area (Å²) in [6, 6.07) is 3.33. The second kappa shape index (κ2) is 5.00. The van der Waals surface area contributed by atoms with Crippen LogP contribution in [0.4, 0.5) is 13.2 Å². The lowest BCUT2D eigenvalue weighted by Gasteiger charge is -2.71. The molecule has 1 saturated carbocycles. The van der Waals surface area contributed by atoms with Gasteiger partial charge in [-0.3, -0.25) is 0 Å². The molecule has 2 heterocycles. The van der Waals surface area contributed by atoms with Crippen LogP contribution < -0.4 is 4.74 Å². The summed E-state index contributed by atoms with van der Waals surface area (Å²) in [6.45, 7) is 1.46. The second-order valence-electron chi connectivity index (χ2n) is 10.0. The first-order chi connectivity index (χ1) is 13.9. The van der Waals surface area contributed by atoms with Crippen molar-refractivity contribution in [3.63, 3.8) is 0 Å². The van der Waals surface area contributed by atoms with Crippen LogP contribution >= 0.6 is 0 Å². The summed E-state index contributed by atoms with van der Waals surface area (Å²) in [6.07, 6.45) is -1.38. The number of hydrogen-bond donors (Lipinski definition) is 3. The minimum absolute atomic E-state index is 0.00405. The fourth-order valence-corrected chi connectivity index (χ4v) is 7.60. The van der Waals surface area contributed by atoms with Crippen molar-refractivity contribution in [1.29, 1.82) is 0 Å². The molecule has 0 unspecified atom stereocenters. The zero-order valence-electron chi connectivity index (χ0n) is 16.7. The standard InChI is InChI=1S/C22H24F3NO4/c1-18(28,22(23,24)25)13-10-19-5-6-21(13,29)17-20(19)7-8-26(2)14(19)9-11-3-4-12(27)16(30-17)15(11)20/h3-6,13-14,17,27-29H,7-10H2,1-2H3/t13-,14-,17-,18-,19-,20+,21-/m1/s1. The van der Waals surface area contributed by atoms with E-state index >= 15 is 0 Å². The van der Waals surface area contributed by atoms with E-state index in [0.29, 0.717) is 19.4 Å². The first kappa shape index (κ1) is 19.0. The zero-order chi connectivity index (χ0) is 21.5. The van der Waals surface area contributed by atoms with Crippen LogP contribution in [0, 0.1) is 11.3 Å². The molecule has 4 aliphatic carbocycles. The molecule has 3 N–H and O–H groups in total. The third-order valence-corrected chi connectivity index (χ3v) is 9.00. The first-order valence-corrected chi connectivity index (χ1v) is 10.3. The monoisotopic (exact) mass is 423 g/mol. The number of alkyl halides is 3. The number of phenolic OH excluding ortho intramolecular Hbond substituents is 1. The first-order valence-electron chi connectivity index (χ1n) is 10.3. The van der Waals surface area contributed by atoms with Crippen LogP contribution in [0.25, 0.3) is 0 Å². The molecule has 7 atom stereocenters. The fraction of sp³-hybridized carbons (Fsp3) is 0.636. The largest absolute Gasteiger partial charge is 0.504 e. The third kappa shape index (κ3) is 1.70. The lowest BCUT2D eigenvalue weighted by atomic mass is 9.36. The van der Waals surface area contributed by atoms with Crippen LogP contribution in [-0.2, 0) is 11.8 Å². The molecule has 0 amide bonds. The van der Waals surface area contributed by atoms with E-state index in [1.807, 2.05) is 19.2 Å². The van der Waals surface area contributed by atoms with E-state index < -0.39 is 40.2 Å². The number of hydrogen-bond acceptors (Lipinski definition) is 5. The van der Waals surface area contributed by atoms with Gasteiger partial charge in [-0.25, -0.2) is 0 Å². The smallest absolute Gasteiger partial charge is 0.417 e. The maximum atomic E-state index is 13.9. The minimum atomic E-state index is -4.91. The highest BCUT2D eigenvalue weighted by Crippen LogP contribution is 2.75. The van der Waals surface area contributed by atoms with E-state index in [-0.39, 0.29) is 24.0 Å². The Labute approximate surface area is 171 Å². The molecule has 2 fully saturated rings. The van der Waals surface area contributed by atoms with Gasteiger partial charge in [0.25, 0.3) is 0 Å². The van der Waals surface area contributed by atoms with E-state index in [0.717, 1.165) is 18.1 Å². The lowest BCUT2D eigenvalue weighted by molar-refractivity contribution is -0.318. The molecule has 0 aromatic heterocycles. The molecule has 30 heavy (non-hydrogen) atoms. The van der Waals surface area contributed by atoms with Crippen molar-refractivity contribution in [3.8, 4) is 11.5 Å². The minimum Gasteiger partial charge on any atom is -0.504 e. The highest BCUT2D eigenvalue weighted by Gasteiger charge is 2.81. The number of rotatable bonds is 1. The lowest BCUT2D eigenvalue weighted by Crippen LogP contribution is -2.81. The maximum Gasteiger partial charge on any atom is 0.417 e. The Morgan fingerprint density at radius 3 is 2.67 bits per heavy atom. The maximum absolute atomic E-state index is 13.9. The van der Waals surface area contributed by atoms with Crippen molar-refractivity contribution in [1.82, 2.24) is 4.90 Å².